The predicted octanol–water partition coefficient (Wildman–Crippen LogP) is 4.16. The Labute approximate surface area is 156 Å². The monoisotopic (exact) mass is 342 g/mol. The molecule has 1 aliphatic rings. The van der Waals surface area contributed by atoms with E-state index in [2.05, 4.69) is 79.4 Å². The lowest BCUT2D eigenvalue weighted by molar-refractivity contribution is 0.727. The zero-order valence-electron chi connectivity index (χ0n) is 15.5. The van der Waals surface area contributed by atoms with Gasteiger partial charge in [0.1, 0.15) is 0 Å². The fourth-order valence-electron chi connectivity index (χ4n) is 3.33. The summed E-state index contributed by atoms with van der Waals surface area (Å²) >= 11 is 0. The zero-order chi connectivity index (χ0) is 18.5. The van der Waals surface area contributed by atoms with Gasteiger partial charge in [-0.15, -0.1) is 13.2 Å². The van der Waals surface area contributed by atoms with Gasteiger partial charge in [0.05, 0.1) is 5.36 Å². The molecular formula is C24H26N2. The summed E-state index contributed by atoms with van der Waals surface area (Å²) in [5.74, 6) is 0. The lowest BCUT2D eigenvalue weighted by Crippen LogP contribution is -2.30. The molecule has 0 saturated carbocycles. The molecule has 0 aromatic heterocycles. The molecule has 0 spiro atoms. The van der Waals surface area contributed by atoms with Crippen molar-refractivity contribution in [3.05, 3.63) is 90.0 Å². The fourth-order valence-corrected chi connectivity index (χ4v) is 3.33. The van der Waals surface area contributed by atoms with Gasteiger partial charge in [0, 0.05) is 18.3 Å². The maximum atomic E-state index is 4.66. The molecule has 0 saturated heterocycles. The van der Waals surface area contributed by atoms with Crippen LogP contribution in [-0.4, -0.2) is 12.6 Å². The highest BCUT2D eigenvalue weighted by atomic mass is 14.9. The minimum atomic E-state index is 0.144. The molecule has 0 amide bonds. The van der Waals surface area contributed by atoms with Gasteiger partial charge in [0.15, 0.2) is 0 Å². The summed E-state index contributed by atoms with van der Waals surface area (Å²) in [7, 11) is 0. The van der Waals surface area contributed by atoms with E-state index in [9.17, 15) is 0 Å². The van der Waals surface area contributed by atoms with Crippen LogP contribution >= 0.6 is 0 Å². The molecule has 1 unspecified atom stereocenters. The maximum absolute atomic E-state index is 4.66. The molecule has 0 bridgehead atoms. The van der Waals surface area contributed by atoms with E-state index >= 15 is 0 Å². The third-order valence-corrected chi connectivity index (χ3v) is 4.70. The van der Waals surface area contributed by atoms with Crippen molar-refractivity contribution in [3.8, 4) is 11.1 Å². The topological polar surface area (TPSA) is 24.4 Å². The first-order chi connectivity index (χ1) is 12.6. The summed E-state index contributed by atoms with van der Waals surface area (Å²) in [6.45, 7) is 14.9. The van der Waals surface area contributed by atoms with E-state index < -0.39 is 0 Å². The minimum Gasteiger partial charge on any atom is -0.379 e. The van der Waals surface area contributed by atoms with E-state index in [-0.39, 0.29) is 6.04 Å². The van der Waals surface area contributed by atoms with Crippen molar-refractivity contribution in [1.82, 2.24) is 5.32 Å². The first-order valence-electron chi connectivity index (χ1n) is 9.07. The van der Waals surface area contributed by atoms with Crippen molar-refractivity contribution in [3.63, 3.8) is 0 Å². The fraction of sp³-hybridized carbons (Fsp3) is 0.208. The van der Waals surface area contributed by atoms with Crippen LogP contribution in [0.15, 0.2) is 73.3 Å². The molecule has 0 fully saturated rings. The highest BCUT2D eigenvalue weighted by molar-refractivity contribution is 5.71. The summed E-state index contributed by atoms with van der Waals surface area (Å²) in [4.78, 5) is 4.66. The molecule has 0 aliphatic carbocycles. The Bertz CT molecular complexity index is 966. The van der Waals surface area contributed by atoms with E-state index in [4.69, 9.17) is 0 Å². The van der Waals surface area contributed by atoms with Gasteiger partial charge in [-0.3, -0.25) is 4.99 Å². The van der Waals surface area contributed by atoms with Crippen molar-refractivity contribution in [2.24, 2.45) is 4.99 Å². The largest absolute Gasteiger partial charge is 0.379 e. The van der Waals surface area contributed by atoms with Crippen molar-refractivity contribution < 1.29 is 0 Å². The third kappa shape index (κ3) is 3.85. The summed E-state index contributed by atoms with van der Waals surface area (Å²) in [5, 5.41) is 5.80. The van der Waals surface area contributed by atoms with Crippen molar-refractivity contribution in [2.75, 3.05) is 6.54 Å². The maximum Gasteiger partial charge on any atom is 0.0673 e. The van der Waals surface area contributed by atoms with Gasteiger partial charge >= 0.3 is 0 Å². The lowest BCUT2D eigenvalue weighted by Gasteiger charge is -2.17. The van der Waals surface area contributed by atoms with Gasteiger partial charge < -0.3 is 5.32 Å². The first-order valence-corrected chi connectivity index (χ1v) is 9.07. The van der Waals surface area contributed by atoms with Gasteiger partial charge in [0.25, 0.3) is 0 Å². The molecule has 26 heavy (non-hydrogen) atoms. The zero-order valence-corrected chi connectivity index (χ0v) is 15.5. The molecule has 1 atom stereocenters. The van der Waals surface area contributed by atoms with Gasteiger partial charge in [-0.05, 0) is 65.4 Å². The van der Waals surface area contributed by atoms with Crippen molar-refractivity contribution in [2.45, 2.75) is 25.8 Å². The van der Waals surface area contributed by atoms with Crippen LogP contribution in [0.4, 0.5) is 0 Å². The number of hydrogen-bond acceptors (Lipinski definition) is 2. The average Bonchev–Trinajstić information content (AvgIpc) is 2.67. The van der Waals surface area contributed by atoms with Gasteiger partial charge in [0.2, 0.25) is 0 Å². The minimum absolute atomic E-state index is 0.144. The second-order valence-corrected chi connectivity index (χ2v) is 6.68. The Hall–Kier alpha value is -2.87. The van der Waals surface area contributed by atoms with E-state index in [0.717, 1.165) is 36.0 Å². The highest BCUT2D eigenvalue weighted by Gasteiger charge is 2.08. The van der Waals surface area contributed by atoms with Crippen LogP contribution in [0.2, 0.25) is 0 Å². The summed E-state index contributed by atoms with van der Waals surface area (Å²) in [5.41, 5.74) is 5.62. The van der Waals surface area contributed by atoms with Gasteiger partial charge in [-0.25, -0.2) is 0 Å². The second-order valence-electron chi connectivity index (χ2n) is 6.68. The molecule has 2 nitrogen and oxygen atoms in total. The Morgan fingerprint density at radius 3 is 2.85 bits per heavy atom. The van der Waals surface area contributed by atoms with Crippen LogP contribution in [0.3, 0.4) is 0 Å². The molecule has 1 aliphatic heterocycles. The molecule has 132 valence electrons. The molecule has 1 N–H and O–H groups in total. The number of rotatable bonds is 7. The van der Waals surface area contributed by atoms with E-state index in [0.29, 0.717) is 0 Å². The van der Waals surface area contributed by atoms with Crippen LogP contribution in [0.1, 0.15) is 24.0 Å². The average molecular weight is 342 g/mol. The molecular weight excluding hydrogens is 316 g/mol. The highest BCUT2D eigenvalue weighted by Crippen LogP contribution is 2.22. The van der Waals surface area contributed by atoms with Crippen LogP contribution < -0.4 is 15.9 Å². The molecule has 2 aromatic carbocycles. The molecule has 2 aromatic rings. The van der Waals surface area contributed by atoms with Gasteiger partial charge in [-0.1, -0.05) is 43.0 Å². The van der Waals surface area contributed by atoms with E-state index in [1.54, 1.807) is 0 Å². The Morgan fingerprint density at radius 1 is 1.23 bits per heavy atom. The van der Waals surface area contributed by atoms with Gasteiger partial charge in [-0.2, -0.15) is 0 Å². The van der Waals surface area contributed by atoms with E-state index in [1.807, 2.05) is 12.2 Å². The SMILES string of the molecule is C=CCC(C=C)NC(=C)c1cccc(-c2cc(C)c3c(c2)=CCCN=3)c1. The second kappa shape index (κ2) is 8.01. The summed E-state index contributed by atoms with van der Waals surface area (Å²) < 4.78 is 0. The normalized spacial score (nSPS) is 13.6. The quantitative estimate of drug-likeness (QED) is 0.751. The smallest absolute Gasteiger partial charge is 0.0673 e. The number of aryl methyl sites for hydroxylation is 1. The molecule has 3 rings (SSSR count). The Balaban J connectivity index is 1.93. The number of hydrogen-bond donors (Lipinski definition) is 1. The molecule has 0 radical (unpaired) electrons. The third-order valence-electron chi connectivity index (χ3n) is 4.70. The summed E-state index contributed by atoms with van der Waals surface area (Å²) in [6.07, 6.45) is 7.91. The first kappa shape index (κ1) is 17.9. The van der Waals surface area contributed by atoms with Crippen molar-refractivity contribution >= 4 is 11.8 Å². The molecule has 1 heterocycles. The molecule has 2 heteroatoms. The number of benzene rings is 2. The van der Waals surface area contributed by atoms with E-state index in [1.165, 1.54) is 21.9 Å². The Morgan fingerprint density at radius 2 is 2.08 bits per heavy atom. The van der Waals surface area contributed by atoms with Crippen LogP contribution in [0.5, 0.6) is 0 Å². The summed E-state index contributed by atoms with van der Waals surface area (Å²) in [6, 6.07) is 13.1. The lowest BCUT2D eigenvalue weighted by atomic mass is 9.98. The predicted molar refractivity (Wildman–Crippen MR) is 112 cm³/mol. The van der Waals surface area contributed by atoms with Crippen LogP contribution in [-0.2, 0) is 0 Å². The number of nitrogens with zero attached hydrogens (tertiary/aromatic N) is 1. The standard InChI is InChI=1S/C24H26N2/c1-5-9-23(6-2)26-18(4)19-10-7-11-20(15-19)22-14-17(3)24-21(16-22)12-8-13-25-24/h5-7,10-12,14-16,23,26H,1-2,4,8-9,13H2,3H3. The number of fused-ring (bicyclic) bond motifs is 1. The Kier molecular flexibility index (Phi) is 5.52. The van der Waals surface area contributed by atoms with Crippen LogP contribution in [0.25, 0.3) is 22.9 Å². The van der Waals surface area contributed by atoms with Crippen LogP contribution in [0, 0.1) is 6.92 Å². The van der Waals surface area contributed by atoms with Crippen molar-refractivity contribution in [1.29, 1.82) is 0 Å². The number of nitrogens with one attached hydrogen (secondary N) is 1.